The maximum Gasteiger partial charge on any atom is 0.573 e. The van der Waals surface area contributed by atoms with E-state index in [1.807, 2.05) is 24.3 Å². The molecule has 0 unspecified atom stereocenters. The zero-order valence-corrected chi connectivity index (χ0v) is 13.7. The molecule has 2 aromatic rings. The standard InChI is InChI=1S/C14H10Br2F3NO/c15-10-3-1-9(2-4-10)8-20-12-6-5-11(16)7-13(12)21-14(17,18)19/h1-7,20H,8H2. The lowest BCUT2D eigenvalue weighted by molar-refractivity contribution is -0.274. The molecule has 0 radical (unpaired) electrons. The molecule has 0 atom stereocenters. The molecule has 0 heterocycles. The van der Waals surface area contributed by atoms with Crippen molar-refractivity contribution in [3.05, 3.63) is 57.0 Å². The van der Waals surface area contributed by atoms with Crippen molar-refractivity contribution in [2.45, 2.75) is 12.9 Å². The van der Waals surface area contributed by atoms with Gasteiger partial charge in [0.15, 0.2) is 5.75 Å². The number of hydrogen-bond acceptors (Lipinski definition) is 2. The fraction of sp³-hybridized carbons (Fsp3) is 0.143. The number of rotatable bonds is 4. The summed E-state index contributed by atoms with van der Waals surface area (Å²) < 4.78 is 42.6. The molecule has 0 spiro atoms. The molecular formula is C14H10Br2F3NO. The minimum Gasteiger partial charge on any atom is -0.404 e. The van der Waals surface area contributed by atoms with Crippen LogP contribution in [0.1, 0.15) is 5.56 Å². The monoisotopic (exact) mass is 423 g/mol. The van der Waals surface area contributed by atoms with Crippen molar-refractivity contribution in [1.82, 2.24) is 0 Å². The van der Waals surface area contributed by atoms with Crippen LogP contribution in [-0.4, -0.2) is 6.36 Å². The molecular weight excluding hydrogens is 415 g/mol. The van der Waals surface area contributed by atoms with Gasteiger partial charge in [0.25, 0.3) is 0 Å². The summed E-state index contributed by atoms with van der Waals surface area (Å²) in [6, 6.07) is 11.9. The number of anilines is 1. The Morgan fingerprint density at radius 1 is 0.952 bits per heavy atom. The molecule has 0 aromatic heterocycles. The van der Waals surface area contributed by atoms with Crippen LogP contribution in [0.2, 0.25) is 0 Å². The van der Waals surface area contributed by atoms with Crippen molar-refractivity contribution < 1.29 is 17.9 Å². The fourth-order valence-corrected chi connectivity index (χ4v) is 2.26. The summed E-state index contributed by atoms with van der Waals surface area (Å²) in [5.41, 5.74) is 1.22. The van der Waals surface area contributed by atoms with Crippen LogP contribution < -0.4 is 10.1 Å². The zero-order valence-electron chi connectivity index (χ0n) is 10.5. The molecule has 0 aliphatic rings. The van der Waals surface area contributed by atoms with E-state index in [4.69, 9.17) is 0 Å². The topological polar surface area (TPSA) is 21.3 Å². The molecule has 112 valence electrons. The maximum absolute atomic E-state index is 12.4. The number of nitrogens with one attached hydrogen (secondary N) is 1. The van der Waals surface area contributed by atoms with Gasteiger partial charge in [-0.1, -0.05) is 44.0 Å². The second-order valence-corrected chi connectivity index (χ2v) is 6.00. The van der Waals surface area contributed by atoms with Crippen LogP contribution in [0.5, 0.6) is 5.75 Å². The molecule has 1 N–H and O–H groups in total. The van der Waals surface area contributed by atoms with Crippen LogP contribution in [-0.2, 0) is 6.54 Å². The second kappa shape index (κ2) is 6.70. The highest BCUT2D eigenvalue weighted by Gasteiger charge is 2.32. The number of ether oxygens (including phenoxy) is 1. The van der Waals surface area contributed by atoms with Crippen LogP contribution in [0.25, 0.3) is 0 Å². The van der Waals surface area contributed by atoms with Gasteiger partial charge in [0.1, 0.15) is 0 Å². The van der Waals surface area contributed by atoms with E-state index in [1.165, 1.54) is 12.1 Å². The number of benzene rings is 2. The number of hydrogen-bond donors (Lipinski definition) is 1. The molecule has 2 aromatic carbocycles. The molecule has 0 aliphatic heterocycles. The normalized spacial score (nSPS) is 11.3. The molecule has 7 heteroatoms. The van der Waals surface area contributed by atoms with Gasteiger partial charge in [-0.05, 0) is 35.9 Å². The summed E-state index contributed by atoms with van der Waals surface area (Å²) in [7, 11) is 0. The molecule has 0 aliphatic carbocycles. The lowest BCUT2D eigenvalue weighted by Gasteiger charge is -2.15. The van der Waals surface area contributed by atoms with Crippen LogP contribution in [0.3, 0.4) is 0 Å². The Balaban J connectivity index is 2.13. The van der Waals surface area contributed by atoms with Gasteiger partial charge in [-0.25, -0.2) is 0 Å². The van der Waals surface area contributed by atoms with Crippen molar-refractivity contribution in [3.63, 3.8) is 0 Å². The minimum absolute atomic E-state index is 0.269. The maximum atomic E-state index is 12.4. The van der Waals surface area contributed by atoms with Crippen LogP contribution in [0.15, 0.2) is 51.4 Å². The van der Waals surface area contributed by atoms with Crippen LogP contribution >= 0.6 is 31.9 Å². The van der Waals surface area contributed by atoms with Crippen molar-refractivity contribution in [2.24, 2.45) is 0 Å². The van der Waals surface area contributed by atoms with Gasteiger partial charge in [0.05, 0.1) is 5.69 Å². The predicted molar refractivity (Wildman–Crippen MR) is 82.3 cm³/mol. The van der Waals surface area contributed by atoms with Crippen LogP contribution in [0, 0.1) is 0 Å². The lowest BCUT2D eigenvalue weighted by atomic mass is 10.2. The van der Waals surface area contributed by atoms with Crippen LogP contribution in [0.4, 0.5) is 18.9 Å². The summed E-state index contributed by atoms with van der Waals surface area (Å²) in [4.78, 5) is 0. The number of halogens is 5. The quantitative estimate of drug-likeness (QED) is 0.677. The minimum atomic E-state index is -4.73. The van der Waals surface area contributed by atoms with E-state index in [-0.39, 0.29) is 11.4 Å². The van der Waals surface area contributed by atoms with E-state index in [2.05, 4.69) is 41.9 Å². The first-order valence-electron chi connectivity index (χ1n) is 5.87. The Bertz CT molecular complexity index is 615. The highest BCUT2D eigenvalue weighted by molar-refractivity contribution is 9.10. The van der Waals surface area contributed by atoms with Gasteiger partial charge in [-0.15, -0.1) is 13.2 Å². The van der Waals surface area contributed by atoms with Crippen molar-refractivity contribution >= 4 is 37.5 Å². The summed E-state index contributed by atoms with van der Waals surface area (Å²) in [6.45, 7) is 0.392. The Morgan fingerprint density at radius 2 is 1.57 bits per heavy atom. The molecule has 21 heavy (non-hydrogen) atoms. The van der Waals surface area contributed by atoms with Gasteiger partial charge >= 0.3 is 6.36 Å². The summed E-state index contributed by atoms with van der Waals surface area (Å²) >= 11 is 6.45. The molecule has 0 amide bonds. The zero-order chi connectivity index (χ0) is 15.5. The molecule has 0 bridgehead atoms. The first-order chi connectivity index (χ1) is 9.83. The summed E-state index contributed by atoms with van der Waals surface area (Å²) in [5.74, 6) is -0.269. The largest absolute Gasteiger partial charge is 0.573 e. The Morgan fingerprint density at radius 3 is 2.19 bits per heavy atom. The fourth-order valence-electron chi connectivity index (χ4n) is 1.65. The van der Waals surface area contributed by atoms with Crippen molar-refractivity contribution in [3.8, 4) is 5.75 Å². The first-order valence-corrected chi connectivity index (χ1v) is 7.46. The van der Waals surface area contributed by atoms with E-state index in [1.54, 1.807) is 6.07 Å². The Labute approximate surface area is 136 Å². The summed E-state index contributed by atoms with van der Waals surface area (Å²) in [5, 5.41) is 2.94. The third-order valence-electron chi connectivity index (χ3n) is 2.57. The predicted octanol–water partition coefficient (Wildman–Crippen LogP) is 5.72. The highest BCUT2D eigenvalue weighted by atomic mass is 79.9. The van der Waals surface area contributed by atoms with Gasteiger partial charge in [0.2, 0.25) is 0 Å². The molecule has 0 saturated heterocycles. The van der Waals surface area contributed by atoms with E-state index < -0.39 is 6.36 Å². The van der Waals surface area contributed by atoms with E-state index >= 15 is 0 Å². The third-order valence-corrected chi connectivity index (χ3v) is 3.59. The van der Waals surface area contributed by atoms with E-state index in [0.29, 0.717) is 11.0 Å². The smallest absolute Gasteiger partial charge is 0.404 e. The third kappa shape index (κ3) is 5.24. The SMILES string of the molecule is FC(F)(F)Oc1cc(Br)ccc1NCc1ccc(Br)cc1. The Hall–Kier alpha value is -1.21. The van der Waals surface area contributed by atoms with Gasteiger partial charge < -0.3 is 10.1 Å². The van der Waals surface area contributed by atoms with Gasteiger partial charge in [-0.2, -0.15) is 0 Å². The van der Waals surface area contributed by atoms with Crippen molar-refractivity contribution in [2.75, 3.05) is 5.32 Å². The molecule has 2 rings (SSSR count). The molecule has 2 nitrogen and oxygen atoms in total. The van der Waals surface area contributed by atoms with E-state index in [9.17, 15) is 13.2 Å². The summed E-state index contributed by atoms with van der Waals surface area (Å²) in [6.07, 6.45) is -4.73. The van der Waals surface area contributed by atoms with Gasteiger partial charge in [-0.3, -0.25) is 0 Å². The van der Waals surface area contributed by atoms with Crippen molar-refractivity contribution in [1.29, 1.82) is 0 Å². The second-order valence-electron chi connectivity index (χ2n) is 4.17. The van der Waals surface area contributed by atoms with Gasteiger partial charge in [0, 0.05) is 15.5 Å². The number of alkyl halides is 3. The Kier molecular flexibility index (Phi) is 5.16. The molecule has 0 saturated carbocycles. The average molecular weight is 425 g/mol. The molecule has 0 fully saturated rings. The lowest BCUT2D eigenvalue weighted by Crippen LogP contribution is -2.18. The first kappa shape index (κ1) is 16.2. The average Bonchev–Trinajstić information content (AvgIpc) is 2.38. The highest BCUT2D eigenvalue weighted by Crippen LogP contribution is 2.33. The van der Waals surface area contributed by atoms with E-state index in [0.717, 1.165) is 10.0 Å².